The van der Waals surface area contributed by atoms with Crippen LogP contribution < -0.4 is 5.32 Å². The summed E-state index contributed by atoms with van der Waals surface area (Å²) >= 11 is 0. The molecule has 1 aliphatic heterocycles. The quantitative estimate of drug-likeness (QED) is 0.882. The second-order valence-corrected chi connectivity index (χ2v) is 6.68. The van der Waals surface area contributed by atoms with Crippen molar-refractivity contribution in [3.8, 4) is 0 Å². The summed E-state index contributed by atoms with van der Waals surface area (Å²) in [4.78, 5) is 11.4. The third-order valence-corrected chi connectivity index (χ3v) is 4.83. The lowest BCUT2D eigenvalue weighted by molar-refractivity contribution is -0.138. The maximum Gasteiger partial charge on any atom is 0.416 e. The molecule has 1 heterocycles. The Kier molecular flexibility index (Phi) is 4.24. The first-order valence-corrected chi connectivity index (χ1v) is 7.71. The molecule has 0 saturated carbocycles. The summed E-state index contributed by atoms with van der Waals surface area (Å²) < 4.78 is 63.4. The number of amides is 1. The van der Waals surface area contributed by atoms with Gasteiger partial charge in [-0.15, -0.1) is 0 Å². The molecule has 0 unspecified atom stereocenters. The number of hydrogen-bond acceptors (Lipinski definition) is 3. The van der Waals surface area contributed by atoms with Crippen LogP contribution in [-0.4, -0.2) is 37.5 Å². The van der Waals surface area contributed by atoms with Crippen molar-refractivity contribution < 1.29 is 26.4 Å². The van der Waals surface area contributed by atoms with Gasteiger partial charge in [0.1, 0.15) is 0 Å². The number of alkyl halides is 3. The van der Waals surface area contributed by atoms with Gasteiger partial charge in [-0.05, 0) is 11.6 Å². The van der Waals surface area contributed by atoms with E-state index in [1.165, 1.54) is 18.2 Å². The summed E-state index contributed by atoms with van der Waals surface area (Å²) in [5, 5.41) is 2.38. The number of hydrogen-bond donors (Lipinski definition) is 1. The zero-order valence-electron chi connectivity index (χ0n) is 10.9. The van der Waals surface area contributed by atoms with Gasteiger partial charge in [0, 0.05) is 13.1 Å². The smallest absolute Gasteiger partial charge is 0.354 e. The van der Waals surface area contributed by atoms with Crippen molar-refractivity contribution in [3.63, 3.8) is 0 Å². The predicted octanol–water partition coefficient (Wildman–Crippen LogP) is 0.967. The van der Waals surface area contributed by atoms with E-state index in [0.29, 0.717) is 0 Å². The lowest BCUT2D eigenvalue weighted by atomic mass is 10.1. The molecule has 116 valence electrons. The molecule has 2 rings (SSSR count). The lowest BCUT2D eigenvalue weighted by Gasteiger charge is -2.21. The van der Waals surface area contributed by atoms with Crippen LogP contribution in [0.3, 0.4) is 0 Å². The molecule has 1 amide bonds. The molecule has 0 atom stereocenters. The fourth-order valence-electron chi connectivity index (χ4n) is 2.04. The summed E-state index contributed by atoms with van der Waals surface area (Å²) in [5.41, 5.74) is -1.08. The molecule has 1 aromatic rings. The zero-order valence-corrected chi connectivity index (χ0v) is 11.7. The van der Waals surface area contributed by atoms with E-state index in [1.807, 2.05) is 0 Å². The fraction of sp³-hybridized carbons (Fsp3) is 0.417. The van der Waals surface area contributed by atoms with Crippen molar-refractivity contribution in [2.75, 3.05) is 18.8 Å². The number of nitrogens with zero attached hydrogens (tertiary/aromatic N) is 1. The highest BCUT2D eigenvalue weighted by Gasteiger charge is 2.35. The van der Waals surface area contributed by atoms with Crippen LogP contribution in [-0.2, 0) is 27.5 Å². The van der Waals surface area contributed by atoms with E-state index in [2.05, 4.69) is 5.32 Å². The largest absolute Gasteiger partial charge is 0.416 e. The second kappa shape index (κ2) is 5.64. The fourth-order valence-corrected chi connectivity index (χ4v) is 3.31. The van der Waals surface area contributed by atoms with Crippen LogP contribution in [0.4, 0.5) is 13.2 Å². The lowest BCUT2D eigenvalue weighted by Crippen LogP contribution is -2.36. The van der Waals surface area contributed by atoms with E-state index >= 15 is 0 Å². The number of sulfonamides is 1. The Hall–Kier alpha value is -1.61. The van der Waals surface area contributed by atoms with E-state index in [1.54, 1.807) is 0 Å². The maximum atomic E-state index is 12.9. The number of nitrogens with one attached hydrogen (secondary N) is 1. The van der Waals surface area contributed by atoms with Gasteiger partial charge in [-0.2, -0.15) is 17.5 Å². The van der Waals surface area contributed by atoms with Gasteiger partial charge in [0.15, 0.2) is 0 Å². The molecule has 0 spiro atoms. The van der Waals surface area contributed by atoms with Gasteiger partial charge >= 0.3 is 6.18 Å². The van der Waals surface area contributed by atoms with Crippen LogP contribution in [0.1, 0.15) is 11.1 Å². The van der Waals surface area contributed by atoms with Gasteiger partial charge in [-0.25, -0.2) is 8.42 Å². The summed E-state index contributed by atoms with van der Waals surface area (Å²) in [5.74, 6) is -0.854. The molecule has 1 N–H and O–H groups in total. The highest BCUT2D eigenvalue weighted by molar-refractivity contribution is 7.89. The standard InChI is InChI=1S/C12H13F3N2O3S/c13-12(14,15)10-4-2-1-3-9(10)7-17-8-11(18)16-5-6-21(17,19)20/h1-4H,5-8H2,(H,16,18). The Morgan fingerprint density at radius 2 is 1.90 bits per heavy atom. The Balaban J connectivity index is 2.34. The van der Waals surface area contributed by atoms with Gasteiger partial charge in [0.05, 0.1) is 17.9 Å². The van der Waals surface area contributed by atoms with Crippen molar-refractivity contribution in [1.29, 1.82) is 0 Å². The van der Waals surface area contributed by atoms with Gasteiger partial charge < -0.3 is 5.32 Å². The SMILES string of the molecule is O=C1CN(Cc2ccccc2C(F)(F)F)S(=O)(=O)CCN1. The predicted molar refractivity (Wildman–Crippen MR) is 68.7 cm³/mol. The average Bonchev–Trinajstić information content (AvgIpc) is 2.48. The van der Waals surface area contributed by atoms with Gasteiger partial charge in [-0.3, -0.25) is 4.79 Å². The number of rotatable bonds is 2. The molecule has 0 aromatic heterocycles. The minimum atomic E-state index is -4.57. The van der Waals surface area contributed by atoms with E-state index in [4.69, 9.17) is 0 Å². The van der Waals surface area contributed by atoms with Crippen LogP contribution >= 0.6 is 0 Å². The molecular weight excluding hydrogens is 309 g/mol. The molecule has 1 aromatic carbocycles. The second-order valence-electron chi connectivity index (χ2n) is 4.59. The van der Waals surface area contributed by atoms with Crippen molar-refractivity contribution in [2.24, 2.45) is 0 Å². The molecular formula is C12H13F3N2O3S. The van der Waals surface area contributed by atoms with E-state index in [-0.39, 0.29) is 17.9 Å². The highest BCUT2D eigenvalue weighted by Crippen LogP contribution is 2.32. The molecule has 1 fully saturated rings. The normalized spacial score (nSPS) is 19.9. The van der Waals surface area contributed by atoms with Crippen LogP contribution in [0, 0.1) is 0 Å². The Morgan fingerprint density at radius 3 is 2.57 bits per heavy atom. The third kappa shape index (κ3) is 3.73. The molecule has 1 saturated heterocycles. The molecule has 0 radical (unpaired) electrons. The highest BCUT2D eigenvalue weighted by atomic mass is 32.2. The summed E-state index contributed by atoms with van der Waals surface area (Å²) in [6, 6.07) is 4.73. The zero-order chi connectivity index (χ0) is 15.7. The summed E-state index contributed by atoms with van der Waals surface area (Å²) in [7, 11) is -3.77. The minimum Gasteiger partial charge on any atom is -0.354 e. The van der Waals surface area contributed by atoms with Crippen molar-refractivity contribution in [3.05, 3.63) is 35.4 Å². The Morgan fingerprint density at radius 1 is 1.24 bits per heavy atom. The first-order chi connectivity index (χ1) is 9.70. The van der Waals surface area contributed by atoms with Crippen LogP contribution in [0.2, 0.25) is 0 Å². The maximum absolute atomic E-state index is 12.9. The summed E-state index contributed by atoms with van der Waals surface area (Å²) in [6.45, 7) is -1.00. The topological polar surface area (TPSA) is 66.5 Å². The van der Waals surface area contributed by atoms with Crippen LogP contribution in [0.25, 0.3) is 0 Å². The molecule has 9 heteroatoms. The summed E-state index contributed by atoms with van der Waals surface area (Å²) in [6.07, 6.45) is -4.57. The Labute approximate surface area is 119 Å². The molecule has 21 heavy (non-hydrogen) atoms. The number of carbonyl (C=O) groups excluding carboxylic acids is 1. The number of benzene rings is 1. The van der Waals surface area contributed by atoms with Crippen LogP contribution in [0.5, 0.6) is 0 Å². The van der Waals surface area contributed by atoms with Crippen LogP contribution in [0.15, 0.2) is 24.3 Å². The molecule has 1 aliphatic rings. The average molecular weight is 322 g/mol. The van der Waals surface area contributed by atoms with Crippen molar-refractivity contribution >= 4 is 15.9 Å². The third-order valence-electron chi connectivity index (χ3n) is 3.06. The van der Waals surface area contributed by atoms with Gasteiger partial charge in [0.25, 0.3) is 0 Å². The van der Waals surface area contributed by atoms with E-state index < -0.39 is 40.8 Å². The van der Waals surface area contributed by atoms with Crippen molar-refractivity contribution in [1.82, 2.24) is 9.62 Å². The van der Waals surface area contributed by atoms with Gasteiger partial charge in [0.2, 0.25) is 15.9 Å². The first-order valence-electron chi connectivity index (χ1n) is 6.10. The Bertz CT molecular complexity index is 643. The molecule has 0 aliphatic carbocycles. The van der Waals surface area contributed by atoms with Crippen molar-refractivity contribution in [2.45, 2.75) is 12.7 Å². The number of carbonyl (C=O) groups is 1. The van der Waals surface area contributed by atoms with E-state index in [0.717, 1.165) is 10.4 Å². The van der Waals surface area contributed by atoms with Gasteiger partial charge in [-0.1, -0.05) is 18.2 Å². The number of halogens is 3. The molecule has 0 bridgehead atoms. The minimum absolute atomic E-state index is 0.0431. The monoisotopic (exact) mass is 322 g/mol. The first kappa shape index (κ1) is 15.8. The molecule has 5 nitrogen and oxygen atoms in total. The van der Waals surface area contributed by atoms with E-state index in [9.17, 15) is 26.4 Å².